The zero-order valence-corrected chi connectivity index (χ0v) is 14.2. The molecule has 0 aromatic heterocycles. The van der Waals surface area contributed by atoms with Crippen LogP contribution in [0.5, 0.6) is 11.5 Å². The predicted octanol–water partition coefficient (Wildman–Crippen LogP) is 3.12. The van der Waals surface area contributed by atoms with E-state index in [1.165, 1.54) is 0 Å². The molecule has 1 heterocycles. The Kier molecular flexibility index (Phi) is 4.88. The lowest BCUT2D eigenvalue weighted by atomic mass is 10.0. The number of carbonyl (C=O) groups is 2. The van der Waals surface area contributed by atoms with Gasteiger partial charge < -0.3 is 20.1 Å². The predicted molar refractivity (Wildman–Crippen MR) is 95.0 cm³/mol. The Bertz CT molecular complexity index is 795. The zero-order valence-electron chi connectivity index (χ0n) is 14.2. The van der Waals surface area contributed by atoms with E-state index in [0.29, 0.717) is 17.2 Å². The fourth-order valence-corrected chi connectivity index (χ4v) is 2.74. The summed E-state index contributed by atoms with van der Waals surface area (Å²) in [7, 11) is 0. The molecule has 1 aliphatic rings. The molecule has 0 radical (unpaired) electrons. The highest BCUT2D eigenvalue weighted by molar-refractivity contribution is 6.43. The third-order valence-electron chi connectivity index (χ3n) is 4.07. The summed E-state index contributed by atoms with van der Waals surface area (Å²) in [5.74, 6) is -0.269. The van der Waals surface area contributed by atoms with Crippen LogP contribution in [0.1, 0.15) is 25.0 Å². The van der Waals surface area contributed by atoms with Crippen LogP contribution in [0.25, 0.3) is 0 Å². The van der Waals surface area contributed by atoms with Gasteiger partial charge in [-0.1, -0.05) is 32.0 Å². The molecule has 0 atom stereocenters. The molecule has 0 aliphatic carbocycles. The number of fused-ring (bicyclic) bond motifs is 1. The molecular weight excluding hydrogens is 320 g/mol. The monoisotopic (exact) mass is 340 g/mol. The van der Waals surface area contributed by atoms with E-state index in [9.17, 15) is 9.59 Å². The third-order valence-corrected chi connectivity index (χ3v) is 4.07. The van der Waals surface area contributed by atoms with Crippen molar-refractivity contribution in [2.45, 2.75) is 26.7 Å². The first kappa shape index (κ1) is 16.8. The van der Waals surface area contributed by atoms with Crippen molar-refractivity contribution in [1.29, 1.82) is 0 Å². The second kappa shape index (κ2) is 7.25. The summed E-state index contributed by atoms with van der Waals surface area (Å²) < 4.78 is 10.5. The van der Waals surface area contributed by atoms with Crippen molar-refractivity contribution >= 4 is 23.2 Å². The van der Waals surface area contributed by atoms with Gasteiger partial charge >= 0.3 is 11.8 Å². The first-order valence-electron chi connectivity index (χ1n) is 8.25. The van der Waals surface area contributed by atoms with Crippen molar-refractivity contribution in [1.82, 2.24) is 0 Å². The Morgan fingerprint density at radius 3 is 2.24 bits per heavy atom. The Morgan fingerprint density at radius 1 is 0.920 bits per heavy atom. The maximum atomic E-state index is 12.3. The molecule has 0 saturated heterocycles. The molecule has 2 aromatic carbocycles. The van der Waals surface area contributed by atoms with Crippen LogP contribution in [0.3, 0.4) is 0 Å². The van der Waals surface area contributed by atoms with Gasteiger partial charge in [-0.3, -0.25) is 9.59 Å². The van der Waals surface area contributed by atoms with E-state index in [2.05, 4.69) is 10.6 Å². The Labute approximate surface area is 146 Å². The lowest BCUT2D eigenvalue weighted by Gasteiger charge is -2.14. The third kappa shape index (κ3) is 3.57. The van der Waals surface area contributed by atoms with Crippen molar-refractivity contribution in [2.24, 2.45) is 0 Å². The number of ether oxygens (including phenoxy) is 2. The molecule has 0 fully saturated rings. The number of hydrogen-bond acceptors (Lipinski definition) is 4. The van der Waals surface area contributed by atoms with Gasteiger partial charge in [0, 0.05) is 17.4 Å². The van der Waals surface area contributed by atoms with Crippen LogP contribution >= 0.6 is 0 Å². The molecule has 2 N–H and O–H groups in total. The highest BCUT2D eigenvalue weighted by Crippen LogP contribution is 2.34. The smallest absolute Gasteiger partial charge is 0.314 e. The quantitative estimate of drug-likeness (QED) is 0.839. The first-order chi connectivity index (χ1) is 12.1. The van der Waals surface area contributed by atoms with Crippen LogP contribution in [-0.4, -0.2) is 18.6 Å². The van der Waals surface area contributed by atoms with Crippen molar-refractivity contribution < 1.29 is 19.1 Å². The number of nitrogens with one attached hydrogen (secondary N) is 2. The Balaban J connectivity index is 1.72. The first-order valence-corrected chi connectivity index (χ1v) is 8.25. The molecule has 6 heteroatoms. The summed E-state index contributed by atoms with van der Waals surface area (Å²) in [5.41, 5.74) is 3.20. The van der Waals surface area contributed by atoms with Gasteiger partial charge in [0.1, 0.15) is 0 Å². The SMILES string of the molecule is CCc1cccc(CC)c1NC(=O)C(=O)Nc1ccc2c(c1)OCO2. The van der Waals surface area contributed by atoms with E-state index in [-0.39, 0.29) is 6.79 Å². The molecule has 3 rings (SSSR count). The normalized spacial score (nSPS) is 11.9. The average Bonchev–Trinajstić information content (AvgIpc) is 3.09. The Hall–Kier alpha value is -3.02. The van der Waals surface area contributed by atoms with E-state index in [4.69, 9.17) is 9.47 Å². The van der Waals surface area contributed by atoms with Gasteiger partial charge in [0.15, 0.2) is 11.5 Å². The number of amides is 2. The van der Waals surface area contributed by atoms with Gasteiger partial charge in [-0.15, -0.1) is 0 Å². The number of para-hydroxylation sites is 1. The molecule has 25 heavy (non-hydrogen) atoms. The molecule has 6 nitrogen and oxygen atoms in total. The largest absolute Gasteiger partial charge is 0.454 e. The van der Waals surface area contributed by atoms with Gasteiger partial charge in [-0.05, 0) is 36.1 Å². The number of carbonyl (C=O) groups excluding carboxylic acids is 2. The molecule has 2 amide bonds. The highest BCUT2D eigenvalue weighted by Gasteiger charge is 2.19. The number of rotatable bonds is 4. The van der Waals surface area contributed by atoms with Crippen molar-refractivity contribution in [2.75, 3.05) is 17.4 Å². The number of anilines is 2. The molecule has 1 aliphatic heterocycles. The topological polar surface area (TPSA) is 76.7 Å². The maximum Gasteiger partial charge on any atom is 0.314 e. The van der Waals surface area contributed by atoms with Gasteiger partial charge in [0.05, 0.1) is 0 Å². The summed E-state index contributed by atoms with van der Waals surface area (Å²) in [4.78, 5) is 24.5. The van der Waals surface area contributed by atoms with Crippen LogP contribution < -0.4 is 20.1 Å². The molecule has 0 spiro atoms. The minimum Gasteiger partial charge on any atom is -0.454 e. The molecular formula is C19H20N2O4. The average molecular weight is 340 g/mol. The summed E-state index contributed by atoms with van der Waals surface area (Å²) in [6.45, 7) is 4.18. The van der Waals surface area contributed by atoms with Crippen molar-refractivity contribution in [3.8, 4) is 11.5 Å². The Morgan fingerprint density at radius 2 is 1.56 bits per heavy atom. The van der Waals surface area contributed by atoms with E-state index in [1.807, 2.05) is 32.0 Å². The highest BCUT2D eigenvalue weighted by atomic mass is 16.7. The minimum atomic E-state index is -0.730. The molecule has 0 unspecified atom stereocenters. The van der Waals surface area contributed by atoms with Gasteiger partial charge in [0.25, 0.3) is 0 Å². The van der Waals surface area contributed by atoms with Crippen LogP contribution in [0, 0.1) is 0 Å². The van der Waals surface area contributed by atoms with Gasteiger partial charge in [0.2, 0.25) is 6.79 Å². The molecule has 0 saturated carbocycles. The molecule has 0 bridgehead atoms. The van der Waals surface area contributed by atoms with Crippen molar-refractivity contribution in [3.63, 3.8) is 0 Å². The fraction of sp³-hybridized carbons (Fsp3) is 0.263. The molecule has 130 valence electrons. The second-order valence-corrected chi connectivity index (χ2v) is 5.63. The minimum absolute atomic E-state index is 0.154. The molecule has 2 aromatic rings. The maximum absolute atomic E-state index is 12.3. The van der Waals surface area contributed by atoms with Crippen LogP contribution in [-0.2, 0) is 22.4 Å². The van der Waals surface area contributed by atoms with Gasteiger partial charge in [-0.2, -0.15) is 0 Å². The van der Waals surface area contributed by atoms with E-state index < -0.39 is 11.8 Å². The fourth-order valence-electron chi connectivity index (χ4n) is 2.74. The number of hydrogen-bond donors (Lipinski definition) is 2. The summed E-state index contributed by atoms with van der Waals surface area (Å²) >= 11 is 0. The van der Waals surface area contributed by atoms with E-state index in [0.717, 1.165) is 29.7 Å². The summed E-state index contributed by atoms with van der Waals surface area (Å²) in [5, 5.41) is 5.33. The standard InChI is InChI=1S/C19H20N2O4/c1-3-12-6-5-7-13(4-2)17(12)21-19(23)18(22)20-14-8-9-15-16(10-14)25-11-24-15/h5-10H,3-4,11H2,1-2H3,(H,20,22)(H,21,23). The second-order valence-electron chi connectivity index (χ2n) is 5.63. The lowest BCUT2D eigenvalue weighted by Crippen LogP contribution is -2.29. The van der Waals surface area contributed by atoms with E-state index >= 15 is 0 Å². The van der Waals surface area contributed by atoms with Crippen molar-refractivity contribution in [3.05, 3.63) is 47.5 Å². The van der Waals surface area contributed by atoms with Crippen LogP contribution in [0.2, 0.25) is 0 Å². The number of aryl methyl sites for hydroxylation is 2. The van der Waals surface area contributed by atoms with Crippen LogP contribution in [0.4, 0.5) is 11.4 Å². The zero-order chi connectivity index (χ0) is 17.8. The van der Waals surface area contributed by atoms with E-state index in [1.54, 1.807) is 18.2 Å². The summed E-state index contributed by atoms with van der Waals surface area (Å²) in [6, 6.07) is 10.8. The number of benzene rings is 2. The lowest BCUT2D eigenvalue weighted by molar-refractivity contribution is -0.133. The van der Waals surface area contributed by atoms with Gasteiger partial charge in [-0.25, -0.2) is 0 Å². The van der Waals surface area contributed by atoms with Crippen LogP contribution in [0.15, 0.2) is 36.4 Å². The summed E-state index contributed by atoms with van der Waals surface area (Å²) in [6.07, 6.45) is 1.54.